The Labute approximate surface area is 146 Å². The lowest BCUT2D eigenvalue weighted by molar-refractivity contribution is 0.477. The van der Waals surface area contributed by atoms with Crippen molar-refractivity contribution in [3.8, 4) is 0 Å². The van der Waals surface area contributed by atoms with Crippen LogP contribution >= 0.6 is 0 Å². The van der Waals surface area contributed by atoms with E-state index in [-0.39, 0.29) is 17.0 Å². The number of hydrogen-bond donors (Lipinski definition) is 1. The van der Waals surface area contributed by atoms with Crippen LogP contribution < -0.4 is 5.32 Å². The Morgan fingerprint density at radius 1 is 0.920 bits per heavy atom. The fourth-order valence-corrected chi connectivity index (χ4v) is 4.41. The summed E-state index contributed by atoms with van der Waals surface area (Å²) in [4.78, 5) is 0.276. The van der Waals surface area contributed by atoms with Crippen LogP contribution in [0, 0.1) is 11.6 Å². The van der Waals surface area contributed by atoms with E-state index < -0.39 is 21.7 Å². The van der Waals surface area contributed by atoms with Gasteiger partial charge >= 0.3 is 0 Å². The van der Waals surface area contributed by atoms with Gasteiger partial charge in [0.05, 0.1) is 4.90 Å². The molecule has 1 heterocycles. The molecule has 1 saturated heterocycles. The predicted octanol–water partition coefficient (Wildman–Crippen LogP) is 3.04. The molecule has 134 valence electrons. The molecule has 1 aliphatic heterocycles. The van der Waals surface area contributed by atoms with E-state index in [0.29, 0.717) is 19.6 Å². The third-order valence-corrected chi connectivity index (χ3v) is 6.23. The maximum Gasteiger partial charge on any atom is 0.243 e. The second-order valence-corrected chi connectivity index (χ2v) is 8.00. The highest BCUT2D eigenvalue weighted by Crippen LogP contribution is 2.21. The van der Waals surface area contributed by atoms with Gasteiger partial charge in [-0.2, -0.15) is 4.31 Å². The lowest BCUT2D eigenvalue weighted by Gasteiger charge is -2.15. The monoisotopic (exact) mass is 366 g/mol. The highest BCUT2D eigenvalue weighted by atomic mass is 32.2. The Hall–Kier alpha value is -1.83. The van der Waals surface area contributed by atoms with E-state index in [9.17, 15) is 17.2 Å². The van der Waals surface area contributed by atoms with Gasteiger partial charge in [0.25, 0.3) is 0 Å². The van der Waals surface area contributed by atoms with Crippen molar-refractivity contribution in [3.05, 3.63) is 65.2 Å². The summed E-state index contributed by atoms with van der Waals surface area (Å²) in [5, 5.41) is 2.97. The highest BCUT2D eigenvalue weighted by molar-refractivity contribution is 7.89. The minimum atomic E-state index is -3.42. The van der Waals surface area contributed by atoms with Crippen LogP contribution in [0.1, 0.15) is 24.0 Å². The van der Waals surface area contributed by atoms with Crippen LogP contribution in [-0.2, 0) is 23.1 Å². The van der Waals surface area contributed by atoms with Crippen molar-refractivity contribution >= 4 is 10.0 Å². The largest absolute Gasteiger partial charge is 0.308 e. The molecule has 4 nitrogen and oxygen atoms in total. The zero-order valence-electron chi connectivity index (χ0n) is 13.7. The predicted molar refractivity (Wildman–Crippen MR) is 91.3 cm³/mol. The Kier molecular flexibility index (Phi) is 5.46. The summed E-state index contributed by atoms with van der Waals surface area (Å²) in [5.74, 6) is -1.17. The zero-order chi connectivity index (χ0) is 17.9. The fraction of sp³-hybridized carbons (Fsp3) is 0.333. The van der Waals surface area contributed by atoms with Gasteiger partial charge in [0.1, 0.15) is 11.6 Å². The molecular weight excluding hydrogens is 346 g/mol. The summed E-state index contributed by atoms with van der Waals surface area (Å²) < 4.78 is 53.5. The van der Waals surface area contributed by atoms with Gasteiger partial charge in [-0.3, -0.25) is 0 Å². The molecule has 2 aromatic rings. The van der Waals surface area contributed by atoms with Gasteiger partial charge in [0.15, 0.2) is 0 Å². The van der Waals surface area contributed by atoms with E-state index in [4.69, 9.17) is 0 Å². The molecule has 25 heavy (non-hydrogen) atoms. The molecule has 7 heteroatoms. The first-order valence-corrected chi connectivity index (χ1v) is 9.65. The quantitative estimate of drug-likeness (QED) is 0.855. The first-order valence-electron chi connectivity index (χ1n) is 8.21. The first-order chi connectivity index (χ1) is 12.0. The number of rotatable bonds is 6. The summed E-state index contributed by atoms with van der Waals surface area (Å²) in [6.07, 6.45) is 1.79. The van der Waals surface area contributed by atoms with Crippen molar-refractivity contribution in [1.29, 1.82) is 0 Å². The molecule has 0 radical (unpaired) electrons. The molecule has 3 rings (SSSR count). The third-order valence-electron chi connectivity index (χ3n) is 4.32. The summed E-state index contributed by atoms with van der Waals surface area (Å²) >= 11 is 0. The van der Waals surface area contributed by atoms with E-state index in [1.54, 1.807) is 24.3 Å². The van der Waals surface area contributed by atoms with Crippen molar-refractivity contribution < 1.29 is 17.2 Å². The number of nitrogens with zero attached hydrogens (tertiary/aromatic N) is 1. The number of sulfonamides is 1. The van der Waals surface area contributed by atoms with Crippen LogP contribution in [0.5, 0.6) is 0 Å². The maximum absolute atomic E-state index is 13.6. The minimum absolute atomic E-state index is 0.00395. The van der Waals surface area contributed by atoms with Crippen molar-refractivity contribution in [2.75, 3.05) is 13.1 Å². The van der Waals surface area contributed by atoms with Crippen molar-refractivity contribution in [2.45, 2.75) is 30.8 Å². The van der Waals surface area contributed by atoms with Gasteiger partial charge in [-0.1, -0.05) is 18.2 Å². The lowest BCUT2D eigenvalue weighted by atomic mass is 10.2. The average molecular weight is 366 g/mol. The van der Waals surface area contributed by atoms with Crippen LogP contribution in [-0.4, -0.2) is 25.8 Å². The van der Waals surface area contributed by atoms with E-state index in [1.165, 1.54) is 22.5 Å². The summed E-state index contributed by atoms with van der Waals surface area (Å²) in [6, 6.07) is 10.4. The maximum atomic E-state index is 13.6. The van der Waals surface area contributed by atoms with Crippen LogP contribution in [0.2, 0.25) is 0 Å². The second kappa shape index (κ2) is 7.59. The number of hydrogen-bond acceptors (Lipinski definition) is 3. The van der Waals surface area contributed by atoms with Gasteiger partial charge < -0.3 is 5.32 Å². The molecule has 2 aromatic carbocycles. The van der Waals surface area contributed by atoms with Crippen LogP contribution in [0.15, 0.2) is 47.4 Å². The molecule has 0 bridgehead atoms. The molecule has 1 aliphatic rings. The number of halogens is 2. The molecule has 0 spiro atoms. The van der Waals surface area contributed by atoms with Gasteiger partial charge in [-0.15, -0.1) is 0 Å². The summed E-state index contributed by atoms with van der Waals surface area (Å²) in [5.41, 5.74) is 0.841. The Balaban J connectivity index is 1.61. The molecular formula is C18H20F2N2O2S. The standard InChI is InChI=1S/C18H20F2N2O2S/c19-17-4-3-5-18(20)16(17)13-21-12-14-6-8-15(9-7-14)25(23,24)22-10-1-2-11-22/h3-9,21H,1-2,10-13H2. The van der Waals surface area contributed by atoms with Gasteiger partial charge in [0.2, 0.25) is 10.0 Å². The van der Waals surface area contributed by atoms with E-state index >= 15 is 0 Å². The van der Waals surface area contributed by atoms with Crippen molar-refractivity contribution in [1.82, 2.24) is 9.62 Å². The normalized spacial score (nSPS) is 15.6. The summed E-state index contributed by atoms with van der Waals surface area (Å²) in [7, 11) is -3.42. The third kappa shape index (κ3) is 4.05. The molecule has 0 aliphatic carbocycles. The SMILES string of the molecule is O=S(=O)(c1ccc(CNCc2c(F)cccc2F)cc1)N1CCCC1. The molecule has 0 amide bonds. The Morgan fingerprint density at radius 3 is 2.12 bits per heavy atom. The molecule has 0 aromatic heterocycles. The van der Waals surface area contributed by atoms with E-state index in [0.717, 1.165) is 18.4 Å². The molecule has 0 atom stereocenters. The Morgan fingerprint density at radius 2 is 1.52 bits per heavy atom. The number of benzene rings is 2. The molecule has 1 N–H and O–H groups in total. The van der Waals surface area contributed by atoms with Crippen molar-refractivity contribution in [3.63, 3.8) is 0 Å². The van der Waals surface area contributed by atoms with E-state index in [2.05, 4.69) is 5.32 Å². The number of nitrogens with one attached hydrogen (secondary N) is 1. The zero-order valence-corrected chi connectivity index (χ0v) is 14.5. The highest BCUT2D eigenvalue weighted by Gasteiger charge is 2.26. The second-order valence-electron chi connectivity index (χ2n) is 6.06. The average Bonchev–Trinajstić information content (AvgIpc) is 3.13. The van der Waals surface area contributed by atoms with Gasteiger partial charge in [-0.05, 0) is 42.7 Å². The van der Waals surface area contributed by atoms with E-state index in [1.807, 2.05) is 0 Å². The van der Waals surface area contributed by atoms with Crippen LogP contribution in [0.25, 0.3) is 0 Å². The molecule has 0 saturated carbocycles. The lowest BCUT2D eigenvalue weighted by Crippen LogP contribution is -2.27. The van der Waals surface area contributed by atoms with Crippen LogP contribution in [0.3, 0.4) is 0 Å². The van der Waals surface area contributed by atoms with Gasteiger partial charge in [0, 0.05) is 31.7 Å². The topological polar surface area (TPSA) is 49.4 Å². The first kappa shape index (κ1) is 18.0. The van der Waals surface area contributed by atoms with Gasteiger partial charge in [-0.25, -0.2) is 17.2 Å². The minimum Gasteiger partial charge on any atom is -0.308 e. The van der Waals surface area contributed by atoms with Crippen LogP contribution in [0.4, 0.5) is 8.78 Å². The molecule has 1 fully saturated rings. The molecule has 0 unspecified atom stereocenters. The fourth-order valence-electron chi connectivity index (χ4n) is 2.89. The van der Waals surface area contributed by atoms with Crippen molar-refractivity contribution in [2.24, 2.45) is 0 Å². The summed E-state index contributed by atoms with van der Waals surface area (Å²) in [6.45, 7) is 1.59. The smallest absolute Gasteiger partial charge is 0.243 e. The Bertz CT molecular complexity index is 812.